The van der Waals surface area contributed by atoms with Gasteiger partial charge in [-0.05, 0) is 50.3 Å². The Morgan fingerprint density at radius 1 is 1.25 bits per heavy atom. The summed E-state index contributed by atoms with van der Waals surface area (Å²) in [5, 5.41) is 7.85. The lowest BCUT2D eigenvalue weighted by Crippen LogP contribution is -2.07. The van der Waals surface area contributed by atoms with E-state index in [1.807, 2.05) is 23.7 Å². The Morgan fingerprint density at radius 2 is 2.12 bits per heavy atom. The van der Waals surface area contributed by atoms with Gasteiger partial charge in [-0.3, -0.25) is 0 Å². The number of nitrogens with zero attached hydrogens (tertiary/aromatic N) is 3. The van der Waals surface area contributed by atoms with E-state index in [4.69, 9.17) is 4.74 Å². The average molecular weight is 322 g/mol. The van der Waals surface area contributed by atoms with Crippen LogP contribution in [0.2, 0.25) is 0 Å². The van der Waals surface area contributed by atoms with Crippen LogP contribution in [-0.2, 0) is 6.54 Å². The summed E-state index contributed by atoms with van der Waals surface area (Å²) in [5.41, 5.74) is 4.34. The molecule has 1 saturated carbocycles. The molecular weight excluding hydrogens is 300 g/mol. The normalized spacial score (nSPS) is 14.1. The molecule has 2 heterocycles. The number of hydrogen-bond donors (Lipinski definition) is 1. The van der Waals surface area contributed by atoms with E-state index in [0.29, 0.717) is 6.54 Å². The third-order valence-corrected chi connectivity index (χ3v) is 4.35. The molecule has 5 heteroatoms. The van der Waals surface area contributed by atoms with Crippen molar-refractivity contribution in [3.8, 4) is 5.75 Å². The molecular formula is C19H22N4O. The minimum Gasteiger partial charge on any atom is -0.493 e. The van der Waals surface area contributed by atoms with Crippen molar-refractivity contribution in [3.63, 3.8) is 0 Å². The molecule has 24 heavy (non-hydrogen) atoms. The van der Waals surface area contributed by atoms with Gasteiger partial charge in [0, 0.05) is 24.5 Å². The monoisotopic (exact) mass is 322 g/mol. The molecule has 4 rings (SSSR count). The standard InChI is InChI=1S/C19H22N4O/c1-13-3-6-16(18(9-13)24-12-15-4-5-15)11-21-19-17-10-14(2)22-23(17)8-7-20-19/h3,6-10,15H,4-5,11-12H2,1-2H3,(H,20,21). The van der Waals surface area contributed by atoms with Gasteiger partial charge in [0.05, 0.1) is 12.3 Å². The predicted octanol–water partition coefficient (Wildman–Crippen LogP) is 3.75. The number of aromatic nitrogens is 3. The molecule has 0 bridgehead atoms. The molecule has 0 spiro atoms. The summed E-state index contributed by atoms with van der Waals surface area (Å²) in [6.07, 6.45) is 6.22. The first kappa shape index (κ1) is 15.0. The van der Waals surface area contributed by atoms with Crippen molar-refractivity contribution < 1.29 is 4.74 Å². The number of aryl methyl sites for hydroxylation is 2. The number of benzene rings is 1. The van der Waals surface area contributed by atoms with Crippen LogP contribution in [0.1, 0.15) is 29.7 Å². The number of fused-ring (bicyclic) bond motifs is 1. The third kappa shape index (κ3) is 3.20. The molecule has 0 saturated heterocycles. The van der Waals surface area contributed by atoms with E-state index in [-0.39, 0.29) is 0 Å². The van der Waals surface area contributed by atoms with Crippen LogP contribution in [0.3, 0.4) is 0 Å². The Balaban J connectivity index is 1.53. The van der Waals surface area contributed by atoms with E-state index in [1.165, 1.54) is 18.4 Å². The van der Waals surface area contributed by atoms with Gasteiger partial charge in [-0.25, -0.2) is 9.50 Å². The zero-order valence-electron chi connectivity index (χ0n) is 14.1. The van der Waals surface area contributed by atoms with Crippen molar-refractivity contribution in [1.82, 2.24) is 14.6 Å². The molecule has 1 fully saturated rings. The van der Waals surface area contributed by atoms with Gasteiger partial charge >= 0.3 is 0 Å². The molecule has 0 radical (unpaired) electrons. The van der Waals surface area contributed by atoms with Gasteiger partial charge < -0.3 is 10.1 Å². The quantitative estimate of drug-likeness (QED) is 0.751. The molecule has 1 aliphatic rings. The maximum absolute atomic E-state index is 6.04. The van der Waals surface area contributed by atoms with E-state index in [1.54, 1.807) is 6.20 Å². The maximum atomic E-state index is 6.04. The summed E-state index contributed by atoms with van der Waals surface area (Å²) < 4.78 is 7.90. The SMILES string of the molecule is Cc1ccc(CNc2nccn3nc(C)cc23)c(OCC2CC2)c1. The molecule has 0 aliphatic heterocycles. The molecule has 1 N–H and O–H groups in total. The van der Waals surface area contributed by atoms with Crippen LogP contribution in [0, 0.1) is 19.8 Å². The Bertz CT molecular complexity index is 867. The van der Waals surface area contributed by atoms with Crippen molar-refractivity contribution in [2.75, 3.05) is 11.9 Å². The molecule has 0 amide bonds. The molecule has 5 nitrogen and oxygen atoms in total. The average Bonchev–Trinajstić information content (AvgIpc) is 3.31. The van der Waals surface area contributed by atoms with Gasteiger partial charge in [0.1, 0.15) is 11.3 Å². The van der Waals surface area contributed by atoms with Crippen molar-refractivity contribution in [2.45, 2.75) is 33.2 Å². The fourth-order valence-corrected chi connectivity index (χ4v) is 2.79. The van der Waals surface area contributed by atoms with Crippen molar-refractivity contribution in [2.24, 2.45) is 5.92 Å². The number of anilines is 1. The molecule has 0 atom stereocenters. The Morgan fingerprint density at radius 3 is 2.96 bits per heavy atom. The number of hydrogen-bond acceptors (Lipinski definition) is 4. The first-order valence-corrected chi connectivity index (χ1v) is 8.46. The van der Waals surface area contributed by atoms with E-state index in [9.17, 15) is 0 Å². The fraction of sp³-hybridized carbons (Fsp3) is 0.368. The highest BCUT2D eigenvalue weighted by atomic mass is 16.5. The van der Waals surface area contributed by atoms with E-state index >= 15 is 0 Å². The van der Waals surface area contributed by atoms with Crippen LogP contribution in [0.4, 0.5) is 5.82 Å². The van der Waals surface area contributed by atoms with Crippen LogP contribution in [-0.4, -0.2) is 21.2 Å². The molecule has 0 unspecified atom stereocenters. The van der Waals surface area contributed by atoms with Crippen LogP contribution in [0.25, 0.3) is 5.52 Å². The van der Waals surface area contributed by atoms with Gasteiger partial charge in [0.25, 0.3) is 0 Å². The topological polar surface area (TPSA) is 51.5 Å². The van der Waals surface area contributed by atoms with Crippen molar-refractivity contribution >= 4 is 11.3 Å². The largest absolute Gasteiger partial charge is 0.493 e. The second-order valence-electron chi connectivity index (χ2n) is 6.61. The highest BCUT2D eigenvalue weighted by Crippen LogP contribution is 2.31. The molecule has 124 valence electrons. The summed E-state index contributed by atoms with van der Waals surface area (Å²) in [6, 6.07) is 8.41. The van der Waals surface area contributed by atoms with Gasteiger partial charge in [0.2, 0.25) is 0 Å². The Hall–Kier alpha value is -2.56. The van der Waals surface area contributed by atoms with Gasteiger partial charge in [-0.2, -0.15) is 5.10 Å². The lowest BCUT2D eigenvalue weighted by molar-refractivity contribution is 0.297. The Kier molecular flexibility index (Phi) is 3.84. The number of rotatable bonds is 6. The second kappa shape index (κ2) is 6.15. The minimum atomic E-state index is 0.678. The number of nitrogens with one attached hydrogen (secondary N) is 1. The molecule has 2 aromatic heterocycles. The predicted molar refractivity (Wildman–Crippen MR) is 94.4 cm³/mol. The lowest BCUT2D eigenvalue weighted by atomic mass is 10.1. The molecule has 1 aliphatic carbocycles. The van der Waals surface area contributed by atoms with Crippen LogP contribution >= 0.6 is 0 Å². The summed E-state index contributed by atoms with van der Waals surface area (Å²) in [6.45, 7) is 5.59. The number of ether oxygens (including phenoxy) is 1. The van der Waals surface area contributed by atoms with Crippen LogP contribution in [0.5, 0.6) is 5.75 Å². The van der Waals surface area contributed by atoms with Gasteiger partial charge in [-0.1, -0.05) is 12.1 Å². The highest BCUT2D eigenvalue weighted by Gasteiger charge is 2.22. The van der Waals surface area contributed by atoms with Crippen molar-refractivity contribution in [3.05, 3.63) is 53.5 Å². The van der Waals surface area contributed by atoms with E-state index in [2.05, 4.69) is 40.5 Å². The maximum Gasteiger partial charge on any atom is 0.152 e. The summed E-state index contributed by atoms with van der Waals surface area (Å²) in [7, 11) is 0. The first-order valence-electron chi connectivity index (χ1n) is 8.46. The van der Waals surface area contributed by atoms with Crippen LogP contribution < -0.4 is 10.1 Å². The first-order chi connectivity index (χ1) is 11.7. The highest BCUT2D eigenvalue weighted by molar-refractivity contribution is 5.67. The third-order valence-electron chi connectivity index (χ3n) is 4.35. The smallest absolute Gasteiger partial charge is 0.152 e. The second-order valence-corrected chi connectivity index (χ2v) is 6.61. The zero-order chi connectivity index (χ0) is 16.5. The lowest BCUT2D eigenvalue weighted by Gasteiger charge is -2.13. The van der Waals surface area contributed by atoms with Crippen LogP contribution in [0.15, 0.2) is 36.7 Å². The van der Waals surface area contributed by atoms with Gasteiger partial charge in [0.15, 0.2) is 5.82 Å². The van der Waals surface area contributed by atoms with Crippen molar-refractivity contribution in [1.29, 1.82) is 0 Å². The zero-order valence-corrected chi connectivity index (χ0v) is 14.1. The van der Waals surface area contributed by atoms with Gasteiger partial charge in [-0.15, -0.1) is 0 Å². The fourth-order valence-electron chi connectivity index (χ4n) is 2.79. The molecule has 1 aromatic carbocycles. The molecule has 3 aromatic rings. The van der Waals surface area contributed by atoms with E-state index in [0.717, 1.165) is 40.9 Å². The summed E-state index contributed by atoms with van der Waals surface area (Å²) >= 11 is 0. The van der Waals surface area contributed by atoms with E-state index < -0.39 is 0 Å². The Labute approximate surface area is 141 Å². The summed E-state index contributed by atoms with van der Waals surface area (Å²) in [4.78, 5) is 4.45. The summed E-state index contributed by atoms with van der Waals surface area (Å²) in [5.74, 6) is 2.56. The minimum absolute atomic E-state index is 0.678.